The van der Waals surface area contributed by atoms with Crippen molar-refractivity contribution in [3.63, 3.8) is 0 Å². The summed E-state index contributed by atoms with van der Waals surface area (Å²) < 4.78 is 5.20. The summed E-state index contributed by atoms with van der Waals surface area (Å²) in [4.78, 5) is 14.2. The summed E-state index contributed by atoms with van der Waals surface area (Å²) in [5, 5.41) is 0. The summed E-state index contributed by atoms with van der Waals surface area (Å²) in [6.45, 7) is 1.27. The van der Waals surface area contributed by atoms with E-state index in [0.29, 0.717) is 23.9 Å². The molecule has 0 spiro atoms. The zero-order valence-corrected chi connectivity index (χ0v) is 10.4. The molecule has 2 atom stereocenters. The zero-order chi connectivity index (χ0) is 11.1. The number of carbonyl (C=O) groups excluding carboxylic acids is 1. The minimum absolute atomic E-state index is 0. The van der Waals surface area contributed by atoms with Gasteiger partial charge in [-0.25, -0.2) is 0 Å². The smallest absolute Gasteiger partial charge is 0.257 e. The Bertz CT molecular complexity index is 418. The standard InChI is InChI=1S/C12H16N2O2.ClH/c13-5-11-4-9(7-16-11)12(15)14-6-8-1-2-10(14)3-8;/h4,7-8,10H,1-3,5-6,13H2;1H. The molecule has 1 amide bonds. The Kier molecular flexibility index (Phi) is 3.45. The molecule has 2 fully saturated rings. The second-order valence-corrected chi connectivity index (χ2v) is 4.80. The minimum atomic E-state index is 0. The lowest BCUT2D eigenvalue weighted by molar-refractivity contribution is 0.0703. The molecule has 1 aliphatic carbocycles. The molecule has 1 saturated heterocycles. The van der Waals surface area contributed by atoms with Gasteiger partial charge in [-0.05, 0) is 31.2 Å². The first-order valence-corrected chi connectivity index (χ1v) is 5.86. The van der Waals surface area contributed by atoms with Gasteiger partial charge in [0.05, 0.1) is 12.1 Å². The molecule has 1 saturated carbocycles. The van der Waals surface area contributed by atoms with Gasteiger partial charge in [0.15, 0.2) is 0 Å². The van der Waals surface area contributed by atoms with Crippen molar-refractivity contribution in [1.82, 2.24) is 4.90 Å². The van der Waals surface area contributed by atoms with E-state index in [1.807, 2.05) is 4.90 Å². The Morgan fingerprint density at radius 3 is 2.88 bits per heavy atom. The van der Waals surface area contributed by atoms with E-state index >= 15 is 0 Å². The fourth-order valence-corrected chi connectivity index (χ4v) is 2.94. The quantitative estimate of drug-likeness (QED) is 0.878. The fraction of sp³-hybridized carbons (Fsp3) is 0.583. The van der Waals surface area contributed by atoms with Crippen LogP contribution in [-0.2, 0) is 6.54 Å². The average molecular weight is 257 g/mol. The van der Waals surface area contributed by atoms with Crippen molar-refractivity contribution in [3.05, 3.63) is 23.7 Å². The molecule has 0 radical (unpaired) electrons. The molecule has 2 N–H and O–H groups in total. The van der Waals surface area contributed by atoms with Crippen molar-refractivity contribution >= 4 is 18.3 Å². The van der Waals surface area contributed by atoms with E-state index in [-0.39, 0.29) is 18.3 Å². The van der Waals surface area contributed by atoms with Gasteiger partial charge in [0.1, 0.15) is 12.0 Å². The number of rotatable bonds is 2. The lowest BCUT2D eigenvalue weighted by atomic mass is 10.1. The summed E-state index contributed by atoms with van der Waals surface area (Å²) in [7, 11) is 0. The number of nitrogens with zero attached hydrogens (tertiary/aromatic N) is 1. The molecule has 3 rings (SSSR count). The van der Waals surface area contributed by atoms with E-state index in [9.17, 15) is 4.79 Å². The van der Waals surface area contributed by atoms with Crippen LogP contribution in [-0.4, -0.2) is 23.4 Å². The fourth-order valence-electron chi connectivity index (χ4n) is 2.94. The SMILES string of the molecule is Cl.NCc1cc(C(=O)N2CC3CCC2C3)co1. The van der Waals surface area contributed by atoms with Gasteiger partial charge in [-0.3, -0.25) is 4.79 Å². The molecule has 94 valence electrons. The van der Waals surface area contributed by atoms with Crippen LogP contribution in [0.5, 0.6) is 0 Å². The highest BCUT2D eigenvalue weighted by Gasteiger charge is 2.40. The number of fused-ring (bicyclic) bond motifs is 2. The third-order valence-corrected chi connectivity index (χ3v) is 3.77. The van der Waals surface area contributed by atoms with E-state index in [1.54, 1.807) is 6.07 Å². The summed E-state index contributed by atoms with van der Waals surface area (Å²) >= 11 is 0. The average Bonchev–Trinajstić information content (AvgIpc) is 3.03. The van der Waals surface area contributed by atoms with Crippen LogP contribution in [0.1, 0.15) is 35.4 Å². The summed E-state index contributed by atoms with van der Waals surface area (Å²) in [6.07, 6.45) is 5.16. The first-order valence-electron chi connectivity index (χ1n) is 5.86. The third kappa shape index (κ3) is 2.07. The highest BCUT2D eigenvalue weighted by Crippen LogP contribution is 2.38. The molecule has 2 bridgehead atoms. The predicted molar refractivity (Wildman–Crippen MR) is 66.0 cm³/mol. The second-order valence-electron chi connectivity index (χ2n) is 4.80. The van der Waals surface area contributed by atoms with E-state index in [4.69, 9.17) is 10.2 Å². The lowest BCUT2D eigenvalue weighted by Crippen LogP contribution is -2.37. The molecule has 0 aromatic carbocycles. The Labute approximate surface area is 107 Å². The van der Waals surface area contributed by atoms with Crippen molar-refractivity contribution < 1.29 is 9.21 Å². The van der Waals surface area contributed by atoms with Crippen LogP contribution in [0.15, 0.2) is 16.7 Å². The number of nitrogens with two attached hydrogens (primary N) is 1. The molecule has 2 unspecified atom stereocenters. The van der Waals surface area contributed by atoms with Crippen molar-refractivity contribution in [2.45, 2.75) is 31.8 Å². The van der Waals surface area contributed by atoms with Gasteiger partial charge in [0.2, 0.25) is 0 Å². The predicted octanol–water partition coefficient (Wildman–Crippen LogP) is 1.78. The third-order valence-electron chi connectivity index (χ3n) is 3.77. The minimum Gasteiger partial charge on any atom is -0.467 e. The first kappa shape index (κ1) is 12.5. The van der Waals surface area contributed by atoms with Gasteiger partial charge in [-0.15, -0.1) is 12.4 Å². The zero-order valence-electron chi connectivity index (χ0n) is 9.59. The number of hydrogen-bond donors (Lipinski definition) is 1. The second kappa shape index (κ2) is 4.70. The largest absolute Gasteiger partial charge is 0.467 e. The number of likely N-dealkylation sites (tertiary alicyclic amines) is 1. The van der Waals surface area contributed by atoms with Crippen LogP contribution in [0.3, 0.4) is 0 Å². The number of piperidine rings is 1. The topological polar surface area (TPSA) is 59.5 Å². The maximum absolute atomic E-state index is 12.2. The summed E-state index contributed by atoms with van der Waals surface area (Å²) in [5.41, 5.74) is 6.10. The molecule has 2 heterocycles. The van der Waals surface area contributed by atoms with Gasteiger partial charge in [0.25, 0.3) is 5.91 Å². The molecule has 2 aliphatic rings. The molecular formula is C12H17ClN2O2. The molecule has 1 aliphatic heterocycles. The molecular weight excluding hydrogens is 240 g/mol. The Balaban J connectivity index is 0.00000108. The maximum Gasteiger partial charge on any atom is 0.257 e. The molecule has 4 nitrogen and oxygen atoms in total. The van der Waals surface area contributed by atoms with E-state index in [0.717, 1.165) is 18.9 Å². The van der Waals surface area contributed by atoms with Gasteiger partial charge >= 0.3 is 0 Å². The normalized spacial score (nSPS) is 26.1. The highest BCUT2D eigenvalue weighted by molar-refractivity contribution is 5.94. The van der Waals surface area contributed by atoms with Crippen molar-refractivity contribution in [2.75, 3.05) is 6.54 Å². The van der Waals surface area contributed by atoms with Crippen LogP contribution in [0.4, 0.5) is 0 Å². The maximum atomic E-state index is 12.2. The number of hydrogen-bond acceptors (Lipinski definition) is 3. The van der Waals surface area contributed by atoms with E-state index in [2.05, 4.69) is 0 Å². The lowest BCUT2D eigenvalue weighted by Gasteiger charge is -2.26. The molecule has 1 aromatic heterocycles. The van der Waals surface area contributed by atoms with Gasteiger partial charge in [0, 0.05) is 12.6 Å². The highest BCUT2D eigenvalue weighted by atomic mass is 35.5. The van der Waals surface area contributed by atoms with Crippen LogP contribution in [0, 0.1) is 5.92 Å². The molecule has 5 heteroatoms. The van der Waals surface area contributed by atoms with E-state index < -0.39 is 0 Å². The van der Waals surface area contributed by atoms with Crippen molar-refractivity contribution in [1.29, 1.82) is 0 Å². The number of carbonyl (C=O) groups is 1. The first-order chi connectivity index (χ1) is 7.78. The Morgan fingerprint density at radius 1 is 1.53 bits per heavy atom. The Hall–Kier alpha value is -1.00. The molecule has 17 heavy (non-hydrogen) atoms. The Morgan fingerprint density at radius 2 is 2.35 bits per heavy atom. The van der Waals surface area contributed by atoms with E-state index in [1.165, 1.54) is 19.1 Å². The molecule has 1 aromatic rings. The van der Waals surface area contributed by atoms with Crippen LogP contribution in [0.25, 0.3) is 0 Å². The van der Waals surface area contributed by atoms with Crippen molar-refractivity contribution in [3.8, 4) is 0 Å². The number of halogens is 1. The van der Waals surface area contributed by atoms with Crippen LogP contribution in [0.2, 0.25) is 0 Å². The van der Waals surface area contributed by atoms with Crippen molar-refractivity contribution in [2.24, 2.45) is 11.7 Å². The summed E-state index contributed by atoms with van der Waals surface area (Å²) in [5.74, 6) is 1.51. The van der Waals surface area contributed by atoms with Crippen LogP contribution >= 0.6 is 12.4 Å². The monoisotopic (exact) mass is 256 g/mol. The van der Waals surface area contributed by atoms with Gasteiger partial charge < -0.3 is 15.1 Å². The number of furan rings is 1. The van der Waals surface area contributed by atoms with Crippen LogP contribution < -0.4 is 5.73 Å². The van der Waals surface area contributed by atoms with Gasteiger partial charge in [-0.1, -0.05) is 0 Å². The number of amides is 1. The summed E-state index contributed by atoms with van der Waals surface area (Å²) in [6, 6.07) is 2.22. The van der Waals surface area contributed by atoms with Gasteiger partial charge in [-0.2, -0.15) is 0 Å².